The van der Waals surface area contributed by atoms with E-state index in [1.54, 1.807) is 0 Å². The minimum Gasteiger partial charge on any atom is -0.366 e. The van der Waals surface area contributed by atoms with Crippen molar-refractivity contribution in [3.63, 3.8) is 0 Å². The van der Waals surface area contributed by atoms with Crippen molar-refractivity contribution in [3.8, 4) is 0 Å². The Kier molecular flexibility index (Phi) is 9.24. The van der Waals surface area contributed by atoms with Gasteiger partial charge in [0.15, 0.2) is 17.0 Å². The molecule has 4 aliphatic rings. The van der Waals surface area contributed by atoms with Gasteiger partial charge < -0.3 is 32.0 Å². The highest BCUT2D eigenvalue weighted by Crippen LogP contribution is 2.29. The van der Waals surface area contributed by atoms with Crippen molar-refractivity contribution in [2.24, 2.45) is 43.2 Å². The molecule has 17 nitrogen and oxygen atoms in total. The Labute approximate surface area is 247 Å². The second kappa shape index (κ2) is 13.1. The van der Waals surface area contributed by atoms with Gasteiger partial charge in [-0.25, -0.2) is 10.0 Å². The Bertz CT molecular complexity index is 1270. The van der Waals surface area contributed by atoms with Crippen molar-refractivity contribution in [2.75, 3.05) is 39.3 Å². The lowest BCUT2D eigenvalue weighted by Crippen LogP contribution is -2.61. The highest BCUT2D eigenvalue weighted by molar-refractivity contribution is 6.30. The minimum atomic E-state index is -1.12. The third-order valence-corrected chi connectivity index (χ3v) is 8.05. The SMILES string of the molecule is NN=NC1=NC(N=NN)=C(Cl)NC1C(=O)NC1NC2(CCN(C(=O)C3CN(Cc4ccccc4)CCO3)CC2)CN1N. The zero-order chi connectivity index (χ0) is 29.7. The third kappa shape index (κ3) is 6.66. The van der Waals surface area contributed by atoms with Crippen molar-refractivity contribution in [3.05, 3.63) is 46.9 Å². The lowest BCUT2D eigenvalue weighted by Gasteiger charge is -2.41. The van der Waals surface area contributed by atoms with Crippen LogP contribution in [-0.4, -0.2) is 95.8 Å². The summed E-state index contributed by atoms with van der Waals surface area (Å²) in [6, 6.07) is 9.08. The predicted octanol–water partition coefficient (Wildman–Crippen LogP) is -1.19. The second-order valence-corrected chi connectivity index (χ2v) is 10.9. The molecule has 0 aliphatic carbocycles. The Morgan fingerprint density at radius 2 is 1.88 bits per heavy atom. The lowest BCUT2D eigenvalue weighted by atomic mass is 9.88. The summed E-state index contributed by atoms with van der Waals surface area (Å²) in [7, 11) is 0. The molecule has 0 bridgehead atoms. The van der Waals surface area contributed by atoms with Crippen molar-refractivity contribution >= 4 is 29.3 Å². The summed E-state index contributed by atoms with van der Waals surface area (Å²) in [4.78, 5) is 34.7. The summed E-state index contributed by atoms with van der Waals surface area (Å²) < 4.78 is 5.88. The first-order valence-corrected chi connectivity index (χ1v) is 13.9. The van der Waals surface area contributed by atoms with E-state index in [1.165, 1.54) is 10.6 Å². The molecular weight excluding hydrogens is 568 g/mol. The number of nitrogens with two attached hydrogens (primary N) is 3. The number of nitrogens with zero attached hydrogens (tertiary/aromatic N) is 8. The van der Waals surface area contributed by atoms with Crippen LogP contribution in [0, 0.1) is 0 Å². The molecule has 3 fully saturated rings. The van der Waals surface area contributed by atoms with E-state index >= 15 is 0 Å². The number of nitrogens with one attached hydrogen (secondary N) is 3. The number of morpholine rings is 1. The van der Waals surface area contributed by atoms with Gasteiger partial charge in [0.25, 0.3) is 11.8 Å². The van der Waals surface area contributed by atoms with E-state index in [2.05, 4.69) is 58.7 Å². The van der Waals surface area contributed by atoms with Gasteiger partial charge in [0, 0.05) is 44.8 Å². The Balaban J connectivity index is 1.14. The average molecular weight is 603 g/mol. The molecule has 3 unspecified atom stereocenters. The van der Waals surface area contributed by atoms with E-state index in [9.17, 15) is 9.59 Å². The normalized spacial score (nSPS) is 27.0. The molecule has 1 spiro atoms. The number of halogens is 1. The largest absolute Gasteiger partial charge is 0.366 e. The molecule has 2 amide bonds. The first-order valence-electron chi connectivity index (χ1n) is 13.5. The number of hydrazine groups is 1. The molecule has 0 saturated carbocycles. The van der Waals surface area contributed by atoms with Crippen molar-refractivity contribution in [1.82, 2.24) is 30.8 Å². The Hall–Kier alpha value is -3.74. The number of hydrogen-bond donors (Lipinski definition) is 6. The molecule has 1 aromatic carbocycles. The van der Waals surface area contributed by atoms with E-state index in [-0.39, 0.29) is 22.7 Å². The van der Waals surface area contributed by atoms with E-state index in [1.807, 2.05) is 23.1 Å². The maximum atomic E-state index is 13.4. The molecule has 42 heavy (non-hydrogen) atoms. The lowest BCUT2D eigenvalue weighted by molar-refractivity contribution is -0.151. The topological polar surface area (TPSA) is 229 Å². The van der Waals surface area contributed by atoms with E-state index in [0.717, 1.165) is 13.1 Å². The van der Waals surface area contributed by atoms with Crippen LogP contribution in [0.25, 0.3) is 0 Å². The molecule has 0 aromatic heterocycles. The summed E-state index contributed by atoms with van der Waals surface area (Å²) in [5.41, 5.74) is 0.816. The van der Waals surface area contributed by atoms with Gasteiger partial charge in [-0.15, -0.1) is 10.2 Å². The van der Waals surface area contributed by atoms with Gasteiger partial charge in [-0.05, 0) is 18.4 Å². The summed E-state index contributed by atoms with van der Waals surface area (Å²) in [6.45, 7) is 4.17. The summed E-state index contributed by atoms with van der Waals surface area (Å²) >= 11 is 6.14. The van der Waals surface area contributed by atoms with Gasteiger partial charge in [-0.2, -0.15) is 0 Å². The van der Waals surface area contributed by atoms with E-state index < -0.39 is 29.9 Å². The standard InChI is InChI=1S/C24H35ClN14O3/c25-18-20(34-36-27)30-19(33-35-26)17(29-18)21(40)31-23-32-24(14-39(23)28)6-8-38(9-7-24)22(41)16-13-37(10-11-42-16)12-15-4-2-1-3-5-15/h1-5,16-17,23,29,32H,6-14,28H2,(H2,27,34)(H,31,40)(H2,26,30,33). The number of rotatable bonds is 6. The molecule has 0 radical (unpaired) electrons. The average Bonchev–Trinajstić information content (AvgIpc) is 3.29. The van der Waals surface area contributed by atoms with Crippen LogP contribution in [0.2, 0.25) is 0 Å². The molecule has 18 heteroatoms. The zero-order valence-corrected chi connectivity index (χ0v) is 23.7. The summed E-state index contributed by atoms with van der Waals surface area (Å²) in [5, 5.41) is 24.1. The first-order chi connectivity index (χ1) is 20.3. The molecule has 1 aromatic rings. The Morgan fingerprint density at radius 1 is 1.14 bits per heavy atom. The van der Waals surface area contributed by atoms with Crippen LogP contribution in [-0.2, 0) is 20.9 Å². The smallest absolute Gasteiger partial charge is 0.253 e. The fourth-order valence-electron chi connectivity index (χ4n) is 5.62. The van der Waals surface area contributed by atoms with Crippen molar-refractivity contribution < 1.29 is 14.3 Å². The van der Waals surface area contributed by atoms with Gasteiger partial charge in [-0.3, -0.25) is 25.6 Å². The monoisotopic (exact) mass is 602 g/mol. The van der Waals surface area contributed by atoms with Gasteiger partial charge in [0.05, 0.1) is 6.61 Å². The molecule has 3 saturated heterocycles. The number of aliphatic imine (C=N–C) groups is 1. The van der Waals surface area contributed by atoms with Crippen LogP contribution in [0.1, 0.15) is 18.4 Å². The van der Waals surface area contributed by atoms with Crippen LogP contribution >= 0.6 is 11.6 Å². The maximum absolute atomic E-state index is 13.4. The first kappa shape index (κ1) is 29.7. The predicted molar refractivity (Wildman–Crippen MR) is 151 cm³/mol. The molecule has 3 atom stereocenters. The van der Waals surface area contributed by atoms with Crippen LogP contribution < -0.4 is 33.5 Å². The number of hydrogen-bond acceptors (Lipinski definition) is 13. The van der Waals surface area contributed by atoms with E-state index in [0.29, 0.717) is 45.6 Å². The highest BCUT2D eigenvalue weighted by atomic mass is 35.5. The van der Waals surface area contributed by atoms with Gasteiger partial charge in [0.2, 0.25) is 5.82 Å². The number of amides is 2. The van der Waals surface area contributed by atoms with Gasteiger partial charge in [-0.1, -0.05) is 52.4 Å². The fraction of sp³-hybridized carbons (Fsp3) is 0.542. The van der Waals surface area contributed by atoms with Crippen LogP contribution in [0.3, 0.4) is 0 Å². The quantitative estimate of drug-likeness (QED) is 0.0987. The highest BCUT2D eigenvalue weighted by Gasteiger charge is 2.47. The number of carbonyl (C=O) groups is 2. The third-order valence-electron chi connectivity index (χ3n) is 7.77. The number of carbonyl (C=O) groups excluding carboxylic acids is 2. The van der Waals surface area contributed by atoms with Crippen LogP contribution in [0.15, 0.2) is 67.0 Å². The maximum Gasteiger partial charge on any atom is 0.253 e. The van der Waals surface area contributed by atoms with Crippen molar-refractivity contribution in [1.29, 1.82) is 0 Å². The number of amidine groups is 1. The number of benzene rings is 1. The molecule has 4 heterocycles. The molecule has 9 N–H and O–H groups in total. The minimum absolute atomic E-state index is 0.00204. The molecule has 5 rings (SSSR count). The van der Waals surface area contributed by atoms with Crippen LogP contribution in [0.4, 0.5) is 0 Å². The molecular formula is C24H35ClN14O3. The van der Waals surface area contributed by atoms with E-state index in [4.69, 9.17) is 33.9 Å². The zero-order valence-electron chi connectivity index (χ0n) is 22.9. The summed E-state index contributed by atoms with van der Waals surface area (Å²) in [5.74, 6) is 15.9. The molecule has 4 aliphatic heterocycles. The number of likely N-dealkylation sites (tertiary alicyclic amines) is 1. The van der Waals surface area contributed by atoms with Gasteiger partial charge in [0.1, 0.15) is 12.4 Å². The molecule has 226 valence electrons. The fourth-order valence-corrected chi connectivity index (χ4v) is 5.80. The second-order valence-electron chi connectivity index (χ2n) is 10.5. The number of piperidine rings is 1. The van der Waals surface area contributed by atoms with Crippen molar-refractivity contribution in [2.45, 2.75) is 43.4 Å². The Morgan fingerprint density at radius 3 is 2.60 bits per heavy atom. The number of ether oxygens (including phenoxy) is 1. The summed E-state index contributed by atoms with van der Waals surface area (Å²) in [6.07, 6.45) is 0.107. The van der Waals surface area contributed by atoms with Crippen LogP contribution in [0.5, 0.6) is 0 Å². The van der Waals surface area contributed by atoms with Gasteiger partial charge >= 0.3 is 0 Å².